The molecule has 1 aliphatic rings. The first-order valence-corrected chi connectivity index (χ1v) is 7.62. The quantitative estimate of drug-likeness (QED) is 0.674. The van der Waals surface area contributed by atoms with Gasteiger partial charge in [-0.15, -0.1) is 12.4 Å². The maximum Gasteiger partial charge on any atom is 0.220 e. The normalized spacial score (nSPS) is 16.3. The van der Waals surface area contributed by atoms with Crippen molar-refractivity contribution >= 4 is 28.3 Å². The van der Waals surface area contributed by atoms with E-state index in [1.807, 2.05) is 0 Å². The Morgan fingerprint density at radius 1 is 1.28 bits per heavy atom. The molecule has 0 atom stereocenters. The highest BCUT2D eigenvalue weighted by atomic mass is 35.5. The Bertz CT molecular complexity index is 342. The van der Waals surface area contributed by atoms with Crippen LogP contribution in [-0.2, 0) is 14.8 Å². The van der Waals surface area contributed by atoms with Crippen molar-refractivity contribution in [1.29, 1.82) is 0 Å². The van der Waals surface area contributed by atoms with Crippen LogP contribution in [0.1, 0.15) is 25.7 Å². The smallest absolute Gasteiger partial charge is 0.220 e. The Kier molecular flexibility index (Phi) is 8.51. The summed E-state index contributed by atoms with van der Waals surface area (Å²) in [5.41, 5.74) is 5.24. The first kappa shape index (κ1) is 17.6. The van der Waals surface area contributed by atoms with Gasteiger partial charge < -0.3 is 11.1 Å². The number of hydrogen-bond donors (Lipinski definition) is 2. The molecule has 1 amide bonds. The maximum atomic E-state index is 11.8. The van der Waals surface area contributed by atoms with Crippen LogP contribution in [0.2, 0.25) is 0 Å². The highest BCUT2D eigenvalue weighted by Crippen LogP contribution is 2.14. The van der Waals surface area contributed by atoms with Gasteiger partial charge in [0.05, 0.1) is 5.75 Å². The van der Waals surface area contributed by atoms with Gasteiger partial charge in [-0.3, -0.25) is 4.79 Å². The van der Waals surface area contributed by atoms with E-state index in [0.29, 0.717) is 32.6 Å². The van der Waals surface area contributed by atoms with E-state index >= 15 is 0 Å². The molecule has 0 radical (unpaired) electrons. The van der Waals surface area contributed by atoms with Crippen molar-refractivity contribution in [3.05, 3.63) is 0 Å². The van der Waals surface area contributed by atoms with E-state index in [0.717, 1.165) is 12.8 Å². The highest BCUT2D eigenvalue weighted by Gasteiger charge is 2.24. The molecule has 1 heterocycles. The van der Waals surface area contributed by atoms with Crippen molar-refractivity contribution < 1.29 is 13.2 Å². The van der Waals surface area contributed by atoms with Crippen molar-refractivity contribution in [2.45, 2.75) is 25.7 Å². The average molecular weight is 300 g/mol. The summed E-state index contributed by atoms with van der Waals surface area (Å²) in [7, 11) is -3.15. The summed E-state index contributed by atoms with van der Waals surface area (Å²) in [5, 5.41) is 2.62. The number of hydrogen-bond acceptors (Lipinski definition) is 4. The molecule has 0 aromatic heterocycles. The second-order valence-electron chi connectivity index (χ2n) is 4.16. The largest absolute Gasteiger partial charge is 0.355 e. The molecule has 0 aromatic carbocycles. The van der Waals surface area contributed by atoms with Gasteiger partial charge in [0.15, 0.2) is 0 Å². The molecule has 0 unspecified atom stereocenters. The lowest BCUT2D eigenvalue weighted by molar-refractivity contribution is -0.121. The summed E-state index contributed by atoms with van der Waals surface area (Å²) in [5.74, 6) is -0.0738. The fraction of sp³-hybridized carbons (Fsp3) is 0.900. The van der Waals surface area contributed by atoms with Crippen LogP contribution in [0.4, 0.5) is 0 Å². The Morgan fingerprint density at radius 2 is 1.89 bits per heavy atom. The Hall–Kier alpha value is -0.370. The molecule has 0 bridgehead atoms. The molecule has 1 aliphatic heterocycles. The molecule has 1 saturated heterocycles. The van der Waals surface area contributed by atoms with Crippen LogP contribution in [0, 0.1) is 0 Å². The second kappa shape index (κ2) is 8.68. The van der Waals surface area contributed by atoms with Gasteiger partial charge in [0.1, 0.15) is 0 Å². The number of nitrogens with zero attached hydrogens (tertiary/aromatic N) is 1. The number of carbonyl (C=O) groups is 1. The summed E-state index contributed by atoms with van der Waals surface area (Å²) >= 11 is 0. The third-order valence-electron chi connectivity index (χ3n) is 2.73. The summed E-state index contributed by atoms with van der Waals surface area (Å²) in [6.45, 7) is 2.10. The number of amides is 1. The van der Waals surface area contributed by atoms with Crippen LogP contribution in [0.3, 0.4) is 0 Å². The van der Waals surface area contributed by atoms with Gasteiger partial charge in [0.25, 0.3) is 0 Å². The minimum atomic E-state index is -3.15. The van der Waals surface area contributed by atoms with Crippen LogP contribution >= 0.6 is 12.4 Å². The van der Waals surface area contributed by atoms with Gasteiger partial charge in [-0.1, -0.05) is 0 Å². The first-order chi connectivity index (χ1) is 8.06. The number of sulfonamides is 1. The number of nitrogens with one attached hydrogen (secondary N) is 1. The zero-order chi connectivity index (χ0) is 12.7. The number of nitrogens with two attached hydrogens (primary N) is 1. The Balaban J connectivity index is 0.00000289. The number of carbonyl (C=O) groups excluding carboxylic acids is 1. The molecule has 3 N–H and O–H groups in total. The van der Waals surface area contributed by atoms with E-state index in [1.165, 1.54) is 4.31 Å². The first-order valence-electron chi connectivity index (χ1n) is 6.01. The predicted octanol–water partition coefficient (Wildman–Crippen LogP) is -0.311. The Morgan fingerprint density at radius 3 is 2.44 bits per heavy atom. The lowest BCUT2D eigenvalue weighted by atomic mass is 10.3. The van der Waals surface area contributed by atoms with Crippen LogP contribution in [0.5, 0.6) is 0 Å². The summed E-state index contributed by atoms with van der Waals surface area (Å²) < 4.78 is 25.1. The number of halogens is 1. The molecule has 1 fully saturated rings. The van der Waals surface area contributed by atoms with Crippen molar-refractivity contribution in [3.63, 3.8) is 0 Å². The summed E-state index contributed by atoms with van der Waals surface area (Å²) in [6.07, 6.45) is 2.49. The molecule has 6 nitrogen and oxygen atoms in total. The van der Waals surface area contributed by atoms with Crippen LogP contribution in [0.25, 0.3) is 0 Å². The van der Waals surface area contributed by atoms with E-state index in [-0.39, 0.29) is 30.5 Å². The second-order valence-corrected chi connectivity index (χ2v) is 6.25. The molecule has 0 saturated carbocycles. The van der Waals surface area contributed by atoms with Crippen LogP contribution in [-0.4, -0.2) is 50.6 Å². The number of rotatable bonds is 7. The van der Waals surface area contributed by atoms with E-state index in [9.17, 15) is 13.2 Å². The van der Waals surface area contributed by atoms with E-state index in [2.05, 4.69) is 5.32 Å². The molecule has 0 aromatic rings. The van der Waals surface area contributed by atoms with Gasteiger partial charge in [0, 0.05) is 32.6 Å². The average Bonchev–Trinajstić information content (AvgIpc) is 2.80. The van der Waals surface area contributed by atoms with E-state index < -0.39 is 10.0 Å². The third-order valence-corrected chi connectivity index (χ3v) is 4.69. The zero-order valence-electron chi connectivity index (χ0n) is 10.4. The zero-order valence-corrected chi connectivity index (χ0v) is 12.1. The van der Waals surface area contributed by atoms with Crippen LogP contribution < -0.4 is 11.1 Å². The highest BCUT2D eigenvalue weighted by molar-refractivity contribution is 7.89. The molecule has 8 heteroatoms. The minimum absolute atomic E-state index is 0. The minimum Gasteiger partial charge on any atom is -0.355 e. The topological polar surface area (TPSA) is 92.5 Å². The molecule has 18 heavy (non-hydrogen) atoms. The summed E-state index contributed by atoms with van der Waals surface area (Å²) in [6, 6.07) is 0. The van der Waals surface area contributed by atoms with Crippen LogP contribution in [0.15, 0.2) is 0 Å². The standard InChI is InChI=1S/C10H21N3O3S.ClH/c11-5-6-12-10(14)4-3-9-17(15,16)13-7-1-2-8-13;/h1-9,11H2,(H,12,14);1H. The maximum absolute atomic E-state index is 11.8. The van der Waals surface area contributed by atoms with Crippen molar-refractivity contribution in [2.24, 2.45) is 5.73 Å². The van der Waals surface area contributed by atoms with Crippen molar-refractivity contribution in [1.82, 2.24) is 9.62 Å². The van der Waals surface area contributed by atoms with E-state index in [4.69, 9.17) is 5.73 Å². The van der Waals surface area contributed by atoms with Gasteiger partial charge >= 0.3 is 0 Å². The van der Waals surface area contributed by atoms with Gasteiger partial charge in [-0.25, -0.2) is 12.7 Å². The van der Waals surface area contributed by atoms with Gasteiger partial charge in [0.2, 0.25) is 15.9 Å². The monoisotopic (exact) mass is 299 g/mol. The molecule has 108 valence electrons. The molecular formula is C10H22ClN3O3S. The molecular weight excluding hydrogens is 278 g/mol. The fourth-order valence-electron chi connectivity index (χ4n) is 1.81. The predicted molar refractivity (Wildman–Crippen MR) is 73.1 cm³/mol. The SMILES string of the molecule is Cl.NCCNC(=O)CCCS(=O)(=O)N1CCCC1. The summed E-state index contributed by atoms with van der Waals surface area (Å²) in [4.78, 5) is 11.2. The molecule has 0 spiro atoms. The van der Waals surface area contributed by atoms with Crippen molar-refractivity contribution in [2.75, 3.05) is 31.9 Å². The van der Waals surface area contributed by atoms with Gasteiger partial charge in [-0.05, 0) is 19.3 Å². The lowest BCUT2D eigenvalue weighted by Crippen LogP contribution is -2.32. The molecule has 0 aliphatic carbocycles. The fourth-order valence-corrected chi connectivity index (χ4v) is 3.39. The lowest BCUT2D eigenvalue weighted by Gasteiger charge is -2.14. The van der Waals surface area contributed by atoms with Crippen molar-refractivity contribution in [3.8, 4) is 0 Å². The Labute approximate surface area is 115 Å². The molecule has 1 rings (SSSR count). The third kappa shape index (κ3) is 5.99. The van der Waals surface area contributed by atoms with Gasteiger partial charge in [-0.2, -0.15) is 0 Å². The van der Waals surface area contributed by atoms with E-state index in [1.54, 1.807) is 0 Å².